The number of hydrogen-bond donors (Lipinski definition) is 1. The molecule has 1 fully saturated rings. The van der Waals surface area contributed by atoms with Gasteiger partial charge in [0.15, 0.2) is 0 Å². The second-order valence-electron chi connectivity index (χ2n) is 5.63. The minimum Gasteiger partial charge on any atom is -0.497 e. The lowest BCUT2D eigenvalue weighted by Crippen LogP contribution is -2.49. The van der Waals surface area contributed by atoms with Crippen LogP contribution in [0.25, 0.3) is 0 Å². The second kappa shape index (κ2) is 7.68. The zero-order valence-electron chi connectivity index (χ0n) is 13.0. The number of nitrogens with one attached hydrogen (secondary N) is 1. The second-order valence-corrected chi connectivity index (χ2v) is 5.63. The first-order valence-electron chi connectivity index (χ1n) is 7.66. The fourth-order valence-corrected chi connectivity index (χ4v) is 2.72. The third-order valence-corrected chi connectivity index (χ3v) is 3.93. The van der Waals surface area contributed by atoms with Gasteiger partial charge < -0.3 is 4.74 Å². The Bertz CT molecular complexity index is 534. The lowest BCUT2D eigenvalue weighted by molar-refractivity contribution is -0.190. The van der Waals surface area contributed by atoms with Crippen molar-refractivity contribution >= 4 is 5.91 Å². The molecule has 1 aromatic rings. The van der Waals surface area contributed by atoms with Crippen molar-refractivity contribution < 1.29 is 22.7 Å². The molecule has 1 atom stereocenters. The Kier molecular flexibility index (Phi) is 5.87. The van der Waals surface area contributed by atoms with E-state index in [1.54, 1.807) is 7.11 Å². The van der Waals surface area contributed by atoms with Crippen LogP contribution in [0.5, 0.6) is 5.75 Å². The number of aryl methyl sites for hydroxylation is 1. The Morgan fingerprint density at radius 3 is 2.74 bits per heavy atom. The number of methoxy groups -OCH3 is 1. The largest absolute Gasteiger partial charge is 0.497 e. The maximum absolute atomic E-state index is 13.1. The van der Waals surface area contributed by atoms with Gasteiger partial charge in [0.25, 0.3) is 0 Å². The summed E-state index contributed by atoms with van der Waals surface area (Å²) in [6.45, 7) is 0.110. The molecule has 0 saturated carbocycles. The van der Waals surface area contributed by atoms with E-state index in [-0.39, 0.29) is 25.3 Å². The number of nitrogens with zero attached hydrogens (tertiary/aromatic N) is 1. The summed E-state index contributed by atoms with van der Waals surface area (Å²) in [4.78, 5) is 11.1. The third-order valence-electron chi connectivity index (χ3n) is 3.93. The molecule has 1 heterocycles. The summed E-state index contributed by atoms with van der Waals surface area (Å²) in [7, 11) is 1.58. The maximum atomic E-state index is 13.1. The van der Waals surface area contributed by atoms with Crippen molar-refractivity contribution in [3.05, 3.63) is 29.8 Å². The van der Waals surface area contributed by atoms with Crippen molar-refractivity contribution in [2.24, 2.45) is 0 Å². The number of ether oxygens (including phenoxy) is 1. The summed E-state index contributed by atoms with van der Waals surface area (Å²) in [5.74, 6) is 0.395. The summed E-state index contributed by atoms with van der Waals surface area (Å²) in [6.07, 6.45) is -2.44. The van der Waals surface area contributed by atoms with Crippen LogP contribution in [0.2, 0.25) is 0 Å². The molecule has 23 heavy (non-hydrogen) atoms. The molecule has 0 spiro atoms. The normalized spacial score (nSPS) is 17.1. The van der Waals surface area contributed by atoms with Gasteiger partial charge in [-0.25, -0.2) is 5.01 Å². The number of hydrazine groups is 1. The first-order chi connectivity index (χ1) is 10.9. The molecule has 128 valence electrons. The van der Waals surface area contributed by atoms with Crippen LogP contribution >= 0.6 is 0 Å². The van der Waals surface area contributed by atoms with Crippen molar-refractivity contribution in [3.63, 3.8) is 0 Å². The average molecular weight is 330 g/mol. The first-order valence-corrected chi connectivity index (χ1v) is 7.66. The topological polar surface area (TPSA) is 41.6 Å². The van der Waals surface area contributed by atoms with Crippen LogP contribution in [-0.2, 0) is 11.2 Å². The molecule has 1 amide bonds. The SMILES string of the molecule is COc1cccc(CCCCC(N2CCC(=O)N2)C(F)(F)F)c1. The highest BCUT2D eigenvalue weighted by Gasteiger charge is 2.45. The molecule has 0 aliphatic carbocycles. The van der Waals surface area contributed by atoms with Gasteiger partial charge in [0, 0.05) is 13.0 Å². The van der Waals surface area contributed by atoms with Crippen molar-refractivity contribution in [2.45, 2.75) is 44.3 Å². The molecule has 0 aromatic heterocycles. The highest BCUT2D eigenvalue weighted by atomic mass is 19.4. The van der Waals surface area contributed by atoms with E-state index < -0.39 is 12.2 Å². The number of carbonyl (C=O) groups is 1. The average Bonchev–Trinajstić information content (AvgIpc) is 2.92. The van der Waals surface area contributed by atoms with Crippen molar-refractivity contribution in [1.82, 2.24) is 10.4 Å². The van der Waals surface area contributed by atoms with Gasteiger partial charge in [-0.3, -0.25) is 10.2 Å². The molecule has 0 bridgehead atoms. The summed E-state index contributed by atoms with van der Waals surface area (Å²) < 4.78 is 44.5. The standard InChI is InChI=1S/C16H21F3N2O2/c1-23-13-7-4-6-12(11-13)5-2-3-8-14(16(17,18)19)21-10-9-15(22)20-21/h4,6-7,11,14H,2-3,5,8-10H2,1H3,(H,20,22). The summed E-state index contributed by atoms with van der Waals surface area (Å²) in [5.41, 5.74) is 3.34. The smallest absolute Gasteiger partial charge is 0.405 e. The molecule has 1 aromatic carbocycles. The van der Waals surface area contributed by atoms with E-state index in [1.165, 1.54) is 0 Å². The molecular weight excluding hydrogens is 309 g/mol. The van der Waals surface area contributed by atoms with Gasteiger partial charge in [0.1, 0.15) is 11.8 Å². The summed E-state index contributed by atoms with van der Waals surface area (Å²) in [6, 6.07) is 5.91. The van der Waals surface area contributed by atoms with Crippen LogP contribution in [0.15, 0.2) is 24.3 Å². The number of hydrogen-bond acceptors (Lipinski definition) is 3. The number of carbonyl (C=O) groups excluding carboxylic acids is 1. The number of unbranched alkanes of at least 4 members (excludes halogenated alkanes) is 1. The maximum Gasteiger partial charge on any atom is 0.405 e. The van der Waals surface area contributed by atoms with E-state index >= 15 is 0 Å². The minimum absolute atomic E-state index is 0.0201. The number of halogens is 3. The lowest BCUT2D eigenvalue weighted by atomic mass is 10.0. The van der Waals surface area contributed by atoms with Gasteiger partial charge in [-0.2, -0.15) is 13.2 Å². The molecule has 1 saturated heterocycles. The van der Waals surface area contributed by atoms with E-state index in [1.807, 2.05) is 24.3 Å². The van der Waals surface area contributed by atoms with E-state index in [2.05, 4.69) is 5.43 Å². The van der Waals surface area contributed by atoms with Crippen LogP contribution in [0.4, 0.5) is 13.2 Å². The fourth-order valence-electron chi connectivity index (χ4n) is 2.72. The fraction of sp³-hybridized carbons (Fsp3) is 0.562. The number of benzene rings is 1. The number of alkyl halides is 3. The van der Waals surface area contributed by atoms with Crippen LogP contribution in [-0.4, -0.2) is 36.8 Å². The molecular formula is C16H21F3N2O2. The van der Waals surface area contributed by atoms with E-state index in [0.717, 1.165) is 16.3 Å². The zero-order valence-corrected chi connectivity index (χ0v) is 13.0. The monoisotopic (exact) mass is 330 g/mol. The van der Waals surface area contributed by atoms with Gasteiger partial charge in [0.2, 0.25) is 5.91 Å². The molecule has 4 nitrogen and oxygen atoms in total. The van der Waals surface area contributed by atoms with Gasteiger partial charge in [-0.15, -0.1) is 0 Å². The van der Waals surface area contributed by atoms with E-state index in [0.29, 0.717) is 19.3 Å². The number of amides is 1. The highest BCUT2D eigenvalue weighted by molar-refractivity contribution is 5.77. The lowest BCUT2D eigenvalue weighted by Gasteiger charge is -2.28. The number of rotatable bonds is 7. The Morgan fingerprint density at radius 2 is 2.13 bits per heavy atom. The van der Waals surface area contributed by atoms with Gasteiger partial charge in [0.05, 0.1) is 7.11 Å². The zero-order chi connectivity index (χ0) is 16.9. The Labute approximate surface area is 133 Å². The Hall–Kier alpha value is -1.76. The van der Waals surface area contributed by atoms with Crippen LogP contribution in [0.3, 0.4) is 0 Å². The van der Waals surface area contributed by atoms with Crippen molar-refractivity contribution in [1.29, 1.82) is 0 Å². The van der Waals surface area contributed by atoms with E-state index in [9.17, 15) is 18.0 Å². The van der Waals surface area contributed by atoms with E-state index in [4.69, 9.17) is 4.74 Å². The Balaban J connectivity index is 1.83. The van der Waals surface area contributed by atoms with Crippen LogP contribution < -0.4 is 10.2 Å². The first kappa shape index (κ1) is 17.6. The van der Waals surface area contributed by atoms with Crippen molar-refractivity contribution in [3.8, 4) is 5.75 Å². The summed E-state index contributed by atoms with van der Waals surface area (Å²) in [5, 5.41) is 1.02. The Morgan fingerprint density at radius 1 is 1.35 bits per heavy atom. The predicted octanol–water partition coefficient (Wildman–Crippen LogP) is 3.08. The van der Waals surface area contributed by atoms with Gasteiger partial charge >= 0.3 is 6.18 Å². The molecule has 2 rings (SSSR count). The quantitative estimate of drug-likeness (QED) is 0.781. The predicted molar refractivity (Wildman–Crippen MR) is 79.9 cm³/mol. The van der Waals surface area contributed by atoms with Crippen molar-refractivity contribution in [2.75, 3.05) is 13.7 Å². The third kappa shape index (κ3) is 5.13. The van der Waals surface area contributed by atoms with Crippen LogP contribution in [0, 0.1) is 0 Å². The van der Waals surface area contributed by atoms with Crippen LogP contribution in [0.1, 0.15) is 31.2 Å². The molecule has 1 N–H and O–H groups in total. The minimum atomic E-state index is -4.34. The molecule has 1 aliphatic rings. The molecule has 0 radical (unpaired) electrons. The molecule has 1 unspecified atom stereocenters. The van der Waals surface area contributed by atoms with Gasteiger partial charge in [-0.05, 0) is 37.0 Å². The highest BCUT2D eigenvalue weighted by Crippen LogP contribution is 2.29. The molecule has 7 heteroatoms. The van der Waals surface area contributed by atoms with Gasteiger partial charge in [-0.1, -0.05) is 18.6 Å². The summed E-state index contributed by atoms with van der Waals surface area (Å²) >= 11 is 0. The molecule has 1 aliphatic heterocycles.